The van der Waals surface area contributed by atoms with Crippen molar-refractivity contribution in [1.82, 2.24) is 15.0 Å². The third-order valence-corrected chi connectivity index (χ3v) is 2.42. The van der Waals surface area contributed by atoms with Crippen molar-refractivity contribution in [2.75, 3.05) is 30.4 Å². The van der Waals surface area contributed by atoms with Gasteiger partial charge in [0.1, 0.15) is 0 Å². The molecule has 0 aromatic carbocycles. The van der Waals surface area contributed by atoms with Gasteiger partial charge in [0.2, 0.25) is 11.9 Å². The Morgan fingerprint density at radius 2 is 1.84 bits per heavy atom. The van der Waals surface area contributed by atoms with E-state index in [-0.39, 0.29) is 6.10 Å². The second kappa shape index (κ2) is 7.11. The number of aromatic nitrogens is 3. The lowest BCUT2D eigenvalue weighted by atomic mass is 10.2. The monoisotopic (exact) mass is 267 g/mol. The molecule has 0 aliphatic heterocycles. The Morgan fingerprint density at radius 3 is 2.32 bits per heavy atom. The van der Waals surface area contributed by atoms with E-state index in [0.717, 1.165) is 13.1 Å². The van der Waals surface area contributed by atoms with Crippen LogP contribution in [0, 0.1) is 5.92 Å². The van der Waals surface area contributed by atoms with Gasteiger partial charge < -0.3 is 15.0 Å². The molecule has 0 bridgehead atoms. The van der Waals surface area contributed by atoms with Crippen LogP contribution >= 0.6 is 0 Å². The topological polar surface area (TPSA) is 63.2 Å². The molecular formula is C13H25N5O. The molecule has 0 unspecified atom stereocenters. The lowest BCUT2D eigenvalue weighted by Gasteiger charge is -2.23. The van der Waals surface area contributed by atoms with Crippen molar-refractivity contribution in [3.8, 4) is 6.01 Å². The molecule has 0 radical (unpaired) electrons. The van der Waals surface area contributed by atoms with Gasteiger partial charge in [0.25, 0.3) is 0 Å². The smallest absolute Gasteiger partial charge is 0.323 e. The summed E-state index contributed by atoms with van der Waals surface area (Å²) in [6.45, 7) is 12.1. The van der Waals surface area contributed by atoms with E-state index in [4.69, 9.17) is 4.74 Å². The molecule has 0 amide bonds. The maximum atomic E-state index is 5.57. The van der Waals surface area contributed by atoms with Crippen LogP contribution in [-0.2, 0) is 0 Å². The molecule has 0 saturated carbocycles. The first-order valence-electron chi connectivity index (χ1n) is 6.81. The molecule has 6 nitrogen and oxygen atoms in total. The van der Waals surface area contributed by atoms with E-state index in [9.17, 15) is 0 Å². The summed E-state index contributed by atoms with van der Waals surface area (Å²) in [7, 11) is 1.79. The van der Waals surface area contributed by atoms with Crippen LogP contribution in [0.4, 0.5) is 11.9 Å². The Kier molecular flexibility index (Phi) is 5.79. The van der Waals surface area contributed by atoms with Crippen molar-refractivity contribution < 1.29 is 4.74 Å². The molecular weight excluding hydrogens is 242 g/mol. The van der Waals surface area contributed by atoms with Crippen LogP contribution in [0.2, 0.25) is 0 Å². The molecule has 0 aliphatic carbocycles. The van der Waals surface area contributed by atoms with Crippen molar-refractivity contribution in [3.05, 3.63) is 0 Å². The van der Waals surface area contributed by atoms with E-state index >= 15 is 0 Å². The third kappa shape index (κ3) is 4.89. The number of nitrogens with zero attached hydrogens (tertiary/aromatic N) is 4. The molecule has 0 spiro atoms. The SMILES string of the molecule is CCN(CC(C)C)c1nc(NC)nc(OC(C)C)n1. The average molecular weight is 267 g/mol. The van der Waals surface area contributed by atoms with E-state index in [1.807, 2.05) is 13.8 Å². The van der Waals surface area contributed by atoms with Crippen molar-refractivity contribution in [2.45, 2.75) is 40.7 Å². The van der Waals surface area contributed by atoms with Gasteiger partial charge in [-0.05, 0) is 26.7 Å². The highest BCUT2D eigenvalue weighted by Crippen LogP contribution is 2.16. The Balaban J connectivity index is 3.03. The van der Waals surface area contributed by atoms with Crippen LogP contribution in [0.5, 0.6) is 6.01 Å². The summed E-state index contributed by atoms with van der Waals surface area (Å²) in [6, 6.07) is 0.367. The van der Waals surface area contributed by atoms with Gasteiger partial charge in [0, 0.05) is 20.1 Å². The Labute approximate surface area is 115 Å². The highest BCUT2D eigenvalue weighted by molar-refractivity contribution is 5.38. The molecule has 0 fully saturated rings. The summed E-state index contributed by atoms with van der Waals surface area (Å²) in [6.07, 6.45) is 0.0418. The van der Waals surface area contributed by atoms with Gasteiger partial charge in [-0.1, -0.05) is 13.8 Å². The summed E-state index contributed by atoms with van der Waals surface area (Å²) in [5, 5.41) is 2.94. The van der Waals surface area contributed by atoms with Gasteiger partial charge in [-0.25, -0.2) is 0 Å². The van der Waals surface area contributed by atoms with Crippen LogP contribution in [0.3, 0.4) is 0 Å². The minimum atomic E-state index is 0.0418. The fourth-order valence-electron chi connectivity index (χ4n) is 1.66. The highest BCUT2D eigenvalue weighted by Gasteiger charge is 2.14. The second-order valence-corrected chi connectivity index (χ2v) is 5.09. The number of ether oxygens (including phenoxy) is 1. The zero-order valence-corrected chi connectivity index (χ0v) is 12.8. The number of nitrogens with one attached hydrogen (secondary N) is 1. The Hall–Kier alpha value is -1.59. The lowest BCUT2D eigenvalue weighted by molar-refractivity contribution is 0.222. The quantitative estimate of drug-likeness (QED) is 0.817. The molecule has 1 aromatic heterocycles. The molecule has 108 valence electrons. The zero-order chi connectivity index (χ0) is 14.4. The second-order valence-electron chi connectivity index (χ2n) is 5.09. The first-order valence-corrected chi connectivity index (χ1v) is 6.81. The summed E-state index contributed by atoms with van der Waals surface area (Å²) in [5.41, 5.74) is 0. The van der Waals surface area contributed by atoms with Gasteiger partial charge >= 0.3 is 6.01 Å². The first kappa shape index (κ1) is 15.5. The molecule has 1 N–H and O–H groups in total. The molecule has 1 heterocycles. The summed E-state index contributed by atoms with van der Waals surface area (Å²) in [4.78, 5) is 15.1. The van der Waals surface area contributed by atoms with Gasteiger partial charge in [-0.2, -0.15) is 15.0 Å². The minimum absolute atomic E-state index is 0.0418. The van der Waals surface area contributed by atoms with Crippen LogP contribution in [0.15, 0.2) is 0 Å². The number of anilines is 2. The van der Waals surface area contributed by atoms with E-state index in [0.29, 0.717) is 23.8 Å². The molecule has 6 heteroatoms. The van der Waals surface area contributed by atoms with Crippen LogP contribution in [0.25, 0.3) is 0 Å². The third-order valence-electron chi connectivity index (χ3n) is 2.42. The van der Waals surface area contributed by atoms with E-state index in [1.54, 1.807) is 7.05 Å². The number of hydrogen-bond acceptors (Lipinski definition) is 6. The maximum absolute atomic E-state index is 5.57. The highest BCUT2D eigenvalue weighted by atomic mass is 16.5. The summed E-state index contributed by atoms with van der Waals surface area (Å²) in [5.74, 6) is 1.73. The molecule has 0 atom stereocenters. The summed E-state index contributed by atoms with van der Waals surface area (Å²) < 4.78 is 5.57. The number of rotatable bonds is 7. The zero-order valence-electron chi connectivity index (χ0n) is 12.8. The van der Waals surface area contributed by atoms with Crippen LogP contribution in [-0.4, -0.2) is 41.2 Å². The first-order chi connectivity index (χ1) is 8.96. The molecule has 0 saturated heterocycles. The number of hydrogen-bond donors (Lipinski definition) is 1. The standard InChI is InChI=1S/C13H25N5O/c1-7-18(8-9(2)3)12-15-11(14-6)16-13(17-12)19-10(4)5/h9-10H,7-8H2,1-6H3,(H,14,15,16,17). The van der Waals surface area contributed by atoms with Gasteiger partial charge in [0.15, 0.2) is 0 Å². The predicted octanol–water partition coefficient (Wildman–Crippen LogP) is 2.18. The largest absolute Gasteiger partial charge is 0.461 e. The van der Waals surface area contributed by atoms with Crippen LogP contribution < -0.4 is 15.0 Å². The Bertz CT molecular complexity index is 395. The summed E-state index contributed by atoms with van der Waals surface area (Å²) >= 11 is 0. The van der Waals surface area contributed by atoms with Crippen molar-refractivity contribution in [2.24, 2.45) is 5.92 Å². The molecule has 1 rings (SSSR count). The maximum Gasteiger partial charge on any atom is 0.323 e. The minimum Gasteiger partial charge on any atom is -0.461 e. The van der Waals surface area contributed by atoms with E-state index in [1.165, 1.54) is 0 Å². The molecule has 0 aliphatic rings. The normalized spacial score (nSPS) is 10.9. The molecule has 1 aromatic rings. The molecule has 19 heavy (non-hydrogen) atoms. The van der Waals surface area contributed by atoms with Gasteiger partial charge in [-0.3, -0.25) is 0 Å². The predicted molar refractivity (Wildman–Crippen MR) is 77.9 cm³/mol. The average Bonchev–Trinajstić information content (AvgIpc) is 2.34. The fraction of sp³-hybridized carbons (Fsp3) is 0.769. The van der Waals surface area contributed by atoms with E-state index in [2.05, 4.69) is 45.9 Å². The lowest BCUT2D eigenvalue weighted by Crippen LogP contribution is -2.29. The van der Waals surface area contributed by atoms with E-state index < -0.39 is 0 Å². The Morgan fingerprint density at radius 1 is 1.16 bits per heavy atom. The van der Waals surface area contributed by atoms with Crippen molar-refractivity contribution in [3.63, 3.8) is 0 Å². The van der Waals surface area contributed by atoms with Crippen LogP contribution in [0.1, 0.15) is 34.6 Å². The fourth-order valence-corrected chi connectivity index (χ4v) is 1.66. The van der Waals surface area contributed by atoms with Crippen molar-refractivity contribution in [1.29, 1.82) is 0 Å². The van der Waals surface area contributed by atoms with Crippen molar-refractivity contribution >= 4 is 11.9 Å². The van der Waals surface area contributed by atoms with Gasteiger partial charge in [0.05, 0.1) is 6.10 Å². The van der Waals surface area contributed by atoms with Gasteiger partial charge in [-0.15, -0.1) is 0 Å².